The van der Waals surface area contributed by atoms with E-state index in [0.717, 1.165) is 6.20 Å². The van der Waals surface area contributed by atoms with E-state index in [-0.39, 0.29) is 11.1 Å². The second-order valence-corrected chi connectivity index (χ2v) is 4.10. The van der Waals surface area contributed by atoms with Crippen molar-refractivity contribution in [2.24, 2.45) is 0 Å². The van der Waals surface area contributed by atoms with Crippen molar-refractivity contribution in [1.82, 2.24) is 4.98 Å². The van der Waals surface area contributed by atoms with Crippen molar-refractivity contribution in [3.63, 3.8) is 0 Å². The lowest BCUT2D eigenvalue weighted by molar-refractivity contribution is 0.103. The first-order chi connectivity index (χ1) is 10.1. The lowest BCUT2D eigenvalue weighted by atomic mass is 10.0. The van der Waals surface area contributed by atoms with Crippen LogP contribution in [0.2, 0.25) is 0 Å². The normalized spacial score (nSPS) is 10.1. The zero-order valence-corrected chi connectivity index (χ0v) is 11.8. The fourth-order valence-corrected chi connectivity index (χ4v) is 1.93. The molecular formula is C15H14FNO4. The Balaban J connectivity index is 2.54. The van der Waals surface area contributed by atoms with E-state index in [1.807, 2.05) is 0 Å². The second kappa shape index (κ2) is 6.21. The molecule has 6 heteroatoms. The standard InChI is InChI=1S/C15H14FNO4/c1-19-12-6-9(7-13(20-2)15(12)21-3)14(18)10-4-5-17-8-11(10)16/h4-8H,1-3H3. The fraction of sp³-hybridized carbons (Fsp3) is 0.200. The third-order valence-electron chi connectivity index (χ3n) is 2.94. The first-order valence-corrected chi connectivity index (χ1v) is 6.06. The maximum atomic E-state index is 13.7. The summed E-state index contributed by atoms with van der Waals surface area (Å²) in [5.41, 5.74) is 0.161. The summed E-state index contributed by atoms with van der Waals surface area (Å²) in [4.78, 5) is 16.0. The van der Waals surface area contributed by atoms with Gasteiger partial charge in [0.05, 0.1) is 33.1 Å². The summed E-state index contributed by atoms with van der Waals surface area (Å²) < 4.78 is 29.2. The lowest BCUT2D eigenvalue weighted by Crippen LogP contribution is -2.06. The Labute approximate surface area is 121 Å². The molecule has 0 unspecified atom stereocenters. The first kappa shape index (κ1) is 14.8. The van der Waals surface area contributed by atoms with Crippen molar-refractivity contribution in [2.45, 2.75) is 0 Å². The Morgan fingerprint density at radius 3 is 2.19 bits per heavy atom. The first-order valence-electron chi connectivity index (χ1n) is 6.06. The van der Waals surface area contributed by atoms with Crippen molar-refractivity contribution in [3.05, 3.63) is 47.5 Å². The molecule has 21 heavy (non-hydrogen) atoms. The van der Waals surface area contributed by atoms with E-state index in [0.29, 0.717) is 17.2 Å². The molecular weight excluding hydrogens is 277 g/mol. The van der Waals surface area contributed by atoms with Gasteiger partial charge in [-0.1, -0.05) is 0 Å². The SMILES string of the molecule is COc1cc(C(=O)c2ccncc2F)cc(OC)c1OC. The van der Waals surface area contributed by atoms with Gasteiger partial charge in [-0.25, -0.2) is 4.39 Å². The van der Waals surface area contributed by atoms with Gasteiger partial charge in [0.2, 0.25) is 5.75 Å². The van der Waals surface area contributed by atoms with Crippen molar-refractivity contribution in [3.8, 4) is 17.2 Å². The number of hydrogen-bond donors (Lipinski definition) is 0. The van der Waals surface area contributed by atoms with Crippen LogP contribution in [0.4, 0.5) is 4.39 Å². The van der Waals surface area contributed by atoms with Crippen LogP contribution < -0.4 is 14.2 Å². The Kier molecular flexibility index (Phi) is 4.37. The topological polar surface area (TPSA) is 57.7 Å². The molecule has 0 atom stereocenters. The molecule has 1 aromatic heterocycles. The molecule has 0 aliphatic rings. The summed E-state index contributed by atoms with van der Waals surface area (Å²) >= 11 is 0. The lowest BCUT2D eigenvalue weighted by Gasteiger charge is -2.13. The number of hydrogen-bond acceptors (Lipinski definition) is 5. The molecule has 1 heterocycles. The van der Waals surface area contributed by atoms with Gasteiger partial charge in [0.1, 0.15) is 0 Å². The summed E-state index contributed by atoms with van der Waals surface area (Å²) in [5, 5.41) is 0. The van der Waals surface area contributed by atoms with Crippen LogP contribution in [0.15, 0.2) is 30.6 Å². The third kappa shape index (κ3) is 2.79. The Morgan fingerprint density at radius 1 is 1.10 bits per heavy atom. The average Bonchev–Trinajstić information content (AvgIpc) is 2.53. The van der Waals surface area contributed by atoms with Crippen LogP contribution in [0.25, 0.3) is 0 Å². The van der Waals surface area contributed by atoms with Gasteiger partial charge in [-0.05, 0) is 18.2 Å². The summed E-state index contributed by atoms with van der Waals surface area (Å²) in [6.45, 7) is 0. The van der Waals surface area contributed by atoms with Crippen molar-refractivity contribution in [1.29, 1.82) is 0 Å². The highest BCUT2D eigenvalue weighted by atomic mass is 19.1. The van der Waals surface area contributed by atoms with E-state index in [1.54, 1.807) is 0 Å². The number of carbonyl (C=O) groups is 1. The molecule has 0 bridgehead atoms. The highest BCUT2D eigenvalue weighted by molar-refractivity contribution is 6.09. The predicted molar refractivity (Wildman–Crippen MR) is 73.7 cm³/mol. The summed E-state index contributed by atoms with van der Waals surface area (Å²) in [6, 6.07) is 4.27. The highest BCUT2D eigenvalue weighted by Gasteiger charge is 2.19. The minimum atomic E-state index is -0.684. The number of benzene rings is 1. The van der Waals surface area contributed by atoms with Crippen molar-refractivity contribution >= 4 is 5.78 Å². The smallest absolute Gasteiger partial charge is 0.203 e. The van der Waals surface area contributed by atoms with E-state index in [1.165, 1.54) is 45.7 Å². The molecule has 1 aromatic carbocycles. The monoisotopic (exact) mass is 291 g/mol. The zero-order chi connectivity index (χ0) is 15.4. The van der Waals surface area contributed by atoms with Gasteiger partial charge in [0.25, 0.3) is 0 Å². The number of rotatable bonds is 5. The van der Waals surface area contributed by atoms with Gasteiger partial charge < -0.3 is 14.2 Å². The Morgan fingerprint density at radius 2 is 1.71 bits per heavy atom. The number of carbonyl (C=O) groups excluding carboxylic acids is 1. The summed E-state index contributed by atoms with van der Waals surface area (Å²) in [7, 11) is 4.35. The number of pyridine rings is 1. The molecule has 0 N–H and O–H groups in total. The van der Waals surface area contributed by atoms with Crippen LogP contribution in [0.3, 0.4) is 0 Å². The number of halogens is 1. The zero-order valence-electron chi connectivity index (χ0n) is 11.8. The minimum absolute atomic E-state index is 0.0701. The molecule has 110 valence electrons. The number of methoxy groups -OCH3 is 3. The Hall–Kier alpha value is -2.63. The van der Waals surface area contributed by atoms with E-state index in [4.69, 9.17) is 14.2 Å². The van der Waals surface area contributed by atoms with Crippen molar-refractivity contribution in [2.75, 3.05) is 21.3 Å². The van der Waals surface area contributed by atoms with Gasteiger partial charge in [-0.2, -0.15) is 0 Å². The van der Waals surface area contributed by atoms with Gasteiger partial charge >= 0.3 is 0 Å². The molecule has 0 fully saturated rings. The van der Waals surface area contributed by atoms with Gasteiger partial charge in [-0.3, -0.25) is 9.78 Å². The van der Waals surface area contributed by atoms with E-state index in [2.05, 4.69) is 4.98 Å². The molecule has 0 aliphatic carbocycles. The molecule has 2 aromatic rings. The van der Waals surface area contributed by atoms with Crippen LogP contribution >= 0.6 is 0 Å². The van der Waals surface area contributed by atoms with Crippen molar-refractivity contribution < 1.29 is 23.4 Å². The highest BCUT2D eigenvalue weighted by Crippen LogP contribution is 2.38. The van der Waals surface area contributed by atoms with Crippen LogP contribution in [0.5, 0.6) is 17.2 Å². The van der Waals surface area contributed by atoms with E-state index >= 15 is 0 Å². The molecule has 0 amide bonds. The van der Waals surface area contributed by atoms with Gasteiger partial charge in [0, 0.05) is 11.8 Å². The van der Waals surface area contributed by atoms with Gasteiger partial charge in [-0.15, -0.1) is 0 Å². The second-order valence-electron chi connectivity index (χ2n) is 4.10. The maximum absolute atomic E-state index is 13.7. The number of nitrogens with zero attached hydrogens (tertiary/aromatic N) is 1. The van der Waals surface area contributed by atoms with E-state index in [9.17, 15) is 9.18 Å². The molecule has 0 saturated carbocycles. The molecule has 0 radical (unpaired) electrons. The number of aromatic nitrogens is 1. The summed E-state index contributed by atoms with van der Waals surface area (Å²) in [6.07, 6.45) is 2.35. The molecule has 2 rings (SSSR count). The van der Waals surface area contributed by atoms with Crippen LogP contribution in [-0.4, -0.2) is 32.1 Å². The number of ketones is 1. The quantitative estimate of drug-likeness (QED) is 0.792. The van der Waals surface area contributed by atoms with E-state index < -0.39 is 11.6 Å². The third-order valence-corrected chi connectivity index (χ3v) is 2.94. The van der Waals surface area contributed by atoms with Crippen LogP contribution in [0.1, 0.15) is 15.9 Å². The summed E-state index contributed by atoms with van der Waals surface area (Å²) in [5.74, 6) is -0.151. The molecule has 5 nitrogen and oxygen atoms in total. The largest absolute Gasteiger partial charge is 0.493 e. The molecule has 0 spiro atoms. The Bertz CT molecular complexity index is 647. The van der Waals surface area contributed by atoms with Crippen LogP contribution in [0, 0.1) is 5.82 Å². The maximum Gasteiger partial charge on any atom is 0.203 e. The average molecular weight is 291 g/mol. The minimum Gasteiger partial charge on any atom is -0.493 e. The van der Waals surface area contributed by atoms with Gasteiger partial charge in [0.15, 0.2) is 23.1 Å². The molecule has 0 saturated heterocycles. The molecule has 0 aliphatic heterocycles. The predicted octanol–water partition coefficient (Wildman–Crippen LogP) is 2.48. The number of ether oxygens (including phenoxy) is 3. The van der Waals surface area contributed by atoms with Crippen LogP contribution in [-0.2, 0) is 0 Å². The fourth-order valence-electron chi connectivity index (χ4n) is 1.93.